The fraction of sp³-hybridized carbons (Fsp3) is 0.429. The molecule has 1 aromatic heterocycles. The van der Waals surface area contributed by atoms with E-state index < -0.39 is 0 Å². The summed E-state index contributed by atoms with van der Waals surface area (Å²) in [5.74, 6) is -0.192. The maximum absolute atomic E-state index is 12.3. The molecule has 0 fully saturated rings. The van der Waals surface area contributed by atoms with Crippen LogP contribution in [-0.4, -0.2) is 35.3 Å². The standard InChI is InChI=1S/C14H19N3O3/c1-3-16-11-6-4-5-7-12(11)17(14(16)19)10-13(18)15-8-9-20-2/h4-7H,3,8-10H2,1-2H3,(H,15,18). The number of fused-ring (bicyclic) bond motifs is 1. The monoisotopic (exact) mass is 277 g/mol. The average Bonchev–Trinajstić information content (AvgIpc) is 2.72. The zero-order valence-corrected chi connectivity index (χ0v) is 11.8. The highest BCUT2D eigenvalue weighted by molar-refractivity contribution is 5.80. The third-order valence-corrected chi connectivity index (χ3v) is 3.17. The molecule has 6 heteroatoms. The number of para-hydroxylation sites is 2. The number of methoxy groups -OCH3 is 1. The van der Waals surface area contributed by atoms with Crippen LogP contribution in [0.15, 0.2) is 29.1 Å². The molecule has 1 N–H and O–H groups in total. The Morgan fingerprint density at radius 2 is 1.90 bits per heavy atom. The van der Waals surface area contributed by atoms with E-state index in [-0.39, 0.29) is 18.1 Å². The van der Waals surface area contributed by atoms with Crippen molar-refractivity contribution in [2.24, 2.45) is 0 Å². The smallest absolute Gasteiger partial charge is 0.329 e. The van der Waals surface area contributed by atoms with Gasteiger partial charge in [0.05, 0.1) is 17.6 Å². The maximum atomic E-state index is 12.3. The van der Waals surface area contributed by atoms with Gasteiger partial charge in [0.25, 0.3) is 0 Å². The summed E-state index contributed by atoms with van der Waals surface area (Å²) in [4.78, 5) is 24.2. The van der Waals surface area contributed by atoms with Gasteiger partial charge >= 0.3 is 5.69 Å². The molecule has 0 saturated carbocycles. The summed E-state index contributed by atoms with van der Waals surface area (Å²) in [7, 11) is 1.57. The number of aryl methyl sites for hydroxylation is 1. The van der Waals surface area contributed by atoms with Gasteiger partial charge in [-0.3, -0.25) is 13.9 Å². The molecular formula is C14H19N3O3. The average molecular weight is 277 g/mol. The third-order valence-electron chi connectivity index (χ3n) is 3.17. The van der Waals surface area contributed by atoms with E-state index in [1.165, 1.54) is 4.57 Å². The van der Waals surface area contributed by atoms with E-state index in [1.807, 2.05) is 31.2 Å². The van der Waals surface area contributed by atoms with Crippen LogP contribution in [0.1, 0.15) is 6.92 Å². The summed E-state index contributed by atoms with van der Waals surface area (Å²) in [5, 5.41) is 2.72. The van der Waals surface area contributed by atoms with E-state index in [2.05, 4.69) is 5.32 Å². The molecular weight excluding hydrogens is 258 g/mol. The van der Waals surface area contributed by atoms with Gasteiger partial charge in [-0.15, -0.1) is 0 Å². The molecule has 2 rings (SSSR count). The lowest BCUT2D eigenvalue weighted by Gasteiger charge is -2.05. The lowest BCUT2D eigenvalue weighted by Crippen LogP contribution is -2.34. The van der Waals surface area contributed by atoms with Gasteiger partial charge in [0.15, 0.2) is 0 Å². The number of hydrogen-bond acceptors (Lipinski definition) is 3. The van der Waals surface area contributed by atoms with Crippen LogP contribution in [0, 0.1) is 0 Å². The number of imidazole rings is 1. The molecule has 0 bridgehead atoms. The number of hydrogen-bond donors (Lipinski definition) is 1. The summed E-state index contributed by atoms with van der Waals surface area (Å²) < 4.78 is 8.04. The second-order valence-corrected chi connectivity index (χ2v) is 4.44. The van der Waals surface area contributed by atoms with Crippen LogP contribution in [-0.2, 0) is 22.6 Å². The van der Waals surface area contributed by atoms with Crippen LogP contribution >= 0.6 is 0 Å². The summed E-state index contributed by atoms with van der Waals surface area (Å²) in [5.41, 5.74) is 1.47. The van der Waals surface area contributed by atoms with Gasteiger partial charge in [0, 0.05) is 20.2 Å². The maximum Gasteiger partial charge on any atom is 0.329 e. The van der Waals surface area contributed by atoms with Crippen molar-refractivity contribution in [3.8, 4) is 0 Å². The summed E-state index contributed by atoms with van der Waals surface area (Å²) in [6.07, 6.45) is 0. The fourth-order valence-electron chi connectivity index (χ4n) is 2.22. The molecule has 0 unspecified atom stereocenters. The van der Waals surface area contributed by atoms with Crippen LogP contribution < -0.4 is 11.0 Å². The van der Waals surface area contributed by atoms with Crippen LogP contribution in [0.4, 0.5) is 0 Å². The van der Waals surface area contributed by atoms with Gasteiger partial charge in [0.1, 0.15) is 6.54 Å². The number of benzene rings is 1. The molecule has 6 nitrogen and oxygen atoms in total. The fourth-order valence-corrected chi connectivity index (χ4v) is 2.22. The summed E-state index contributed by atoms with van der Waals surface area (Å²) in [6.45, 7) is 3.42. The molecule has 0 saturated heterocycles. The quantitative estimate of drug-likeness (QED) is 0.786. The van der Waals surface area contributed by atoms with E-state index in [0.717, 1.165) is 11.0 Å². The molecule has 20 heavy (non-hydrogen) atoms. The Morgan fingerprint density at radius 1 is 1.25 bits per heavy atom. The minimum absolute atomic E-state index is 0.0239. The van der Waals surface area contributed by atoms with E-state index in [4.69, 9.17) is 4.74 Å². The molecule has 108 valence electrons. The number of nitrogens with one attached hydrogen (secondary N) is 1. The predicted octanol–water partition coefficient (Wildman–Crippen LogP) is 0.586. The van der Waals surface area contributed by atoms with Crippen molar-refractivity contribution in [3.05, 3.63) is 34.7 Å². The molecule has 1 heterocycles. The Kier molecular flexibility index (Phi) is 4.57. The summed E-state index contributed by atoms with van der Waals surface area (Å²) in [6, 6.07) is 7.49. The van der Waals surface area contributed by atoms with Gasteiger partial charge in [-0.1, -0.05) is 12.1 Å². The van der Waals surface area contributed by atoms with Crippen molar-refractivity contribution in [1.29, 1.82) is 0 Å². The molecule has 0 aliphatic heterocycles. The van der Waals surface area contributed by atoms with Crippen molar-refractivity contribution in [2.45, 2.75) is 20.0 Å². The minimum atomic E-state index is -0.192. The normalized spacial score (nSPS) is 10.9. The molecule has 1 amide bonds. The SMILES string of the molecule is CCn1c(=O)n(CC(=O)NCCOC)c2ccccc21. The van der Waals surface area contributed by atoms with Gasteiger partial charge in [-0.2, -0.15) is 0 Å². The number of aromatic nitrogens is 2. The third kappa shape index (κ3) is 2.75. The lowest BCUT2D eigenvalue weighted by atomic mass is 10.3. The first kappa shape index (κ1) is 14.3. The van der Waals surface area contributed by atoms with Gasteiger partial charge in [0.2, 0.25) is 5.91 Å². The molecule has 2 aromatic rings. The number of amides is 1. The number of carbonyl (C=O) groups excluding carboxylic acids is 1. The largest absolute Gasteiger partial charge is 0.383 e. The van der Waals surface area contributed by atoms with Crippen molar-refractivity contribution in [2.75, 3.05) is 20.3 Å². The minimum Gasteiger partial charge on any atom is -0.383 e. The van der Waals surface area contributed by atoms with Crippen molar-refractivity contribution >= 4 is 16.9 Å². The van der Waals surface area contributed by atoms with E-state index in [1.54, 1.807) is 11.7 Å². The zero-order chi connectivity index (χ0) is 14.5. The highest BCUT2D eigenvalue weighted by Gasteiger charge is 2.13. The van der Waals surface area contributed by atoms with Crippen molar-refractivity contribution < 1.29 is 9.53 Å². The molecule has 0 atom stereocenters. The van der Waals surface area contributed by atoms with Crippen LogP contribution in [0.3, 0.4) is 0 Å². The van der Waals surface area contributed by atoms with Gasteiger partial charge in [-0.05, 0) is 19.1 Å². The first-order valence-electron chi connectivity index (χ1n) is 6.62. The van der Waals surface area contributed by atoms with Crippen LogP contribution in [0.25, 0.3) is 11.0 Å². The predicted molar refractivity (Wildman–Crippen MR) is 76.8 cm³/mol. The van der Waals surface area contributed by atoms with Crippen LogP contribution in [0.2, 0.25) is 0 Å². The highest BCUT2D eigenvalue weighted by atomic mass is 16.5. The first-order valence-corrected chi connectivity index (χ1v) is 6.62. The van der Waals surface area contributed by atoms with E-state index >= 15 is 0 Å². The Labute approximate surface area is 117 Å². The summed E-state index contributed by atoms with van der Waals surface area (Å²) >= 11 is 0. The molecule has 0 radical (unpaired) electrons. The number of nitrogens with zero attached hydrogens (tertiary/aromatic N) is 2. The second kappa shape index (κ2) is 6.38. The molecule has 0 aliphatic rings. The molecule has 1 aromatic carbocycles. The van der Waals surface area contributed by atoms with E-state index in [9.17, 15) is 9.59 Å². The van der Waals surface area contributed by atoms with E-state index in [0.29, 0.717) is 19.7 Å². The lowest BCUT2D eigenvalue weighted by molar-refractivity contribution is -0.121. The van der Waals surface area contributed by atoms with Gasteiger partial charge < -0.3 is 10.1 Å². The Morgan fingerprint density at radius 3 is 2.50 bits per heavy atom. The number of carbonyl (C=O) groups is 1. The first-order chi connectivity index (χ1) is 9.69. The Balaban J connectivity index is 2.28. The second-order valence-electron chi connectivity index (χ2n) is 4.44. The molecule has 0 spiro atoms. The van der Waals surface area contributed by atoms with Crippen molar-refractivity contribution in [1.82, 2.24) is 14.5 Å². The topological polar surface area (TPSA) is 65.3 Å². The highest BCUT2D eigenvalue weighted by Crippen LogP contribution is 2.12. The van der Waals surface area contributed by atoms with Gasteiger partial charge in [-0.25, -0.2) is 4.79 Å². The zero-order valence-electron chi connectivity index (χ0n) is 11.8. The van der Waals surface area contributed by atoms with Crippen LogP contribution in [0.5, 0.6) is 0 Å². The Bertz CT molecular complexity index is 657. The Hall–Kier alpha value is -2.08. The number of rotatable bonds is 6. The number of ether oxygens (including phenoxy) is 1. The molecule has 0 aliphatic carbocycles. The van der Waals surface area contributed by atoms with Crippen molar-refractivity contribution in [3.63, 3.8) is 0 Å².